The first kappa shape index (κ1) is 21.8. The molecule has 1 unspecified atom stereocenters. The molecule has 0 amide bonds. The SMILES string of the molecule is CCOC(=O)CC(Nc1nc(-c2[nH]nc3ncc(F)cc23)ncc1I)C1(C)CCCC1. The average Bonchev–Trinajstić information content (AvgIpc) is 3.36. The Balaban J connectivity index is 1.67. The normalized spacial score (nSPS) is 16.4. The van der Waals surface area contributed by atoms with Crippen LogP contribution in [0, 0.1) is 14.8 Å². The molecular formula is C21H24FIN6O2. The zero-order chi connectivity index (χ0) is 22.0. The van der Waals surface area contributed by atoms with Crippen LogP contribution in [0.1, 0.15) is 46.0 Å². The summed E-state index contributed by atoms with van der Waals surface area (Å²) in [6.45, 7) is 4.38. The second kappa shape index (κ2) is 9.01. The van der Waals surface area contributed by atoms with Crippen LogP contribution in [0.25, 0.3) is 22.6 Å². The van der Waals surface area contributed by atoms with E-state index in [2.05, 4.69) is 60.0 Å². The molecule has 3 heterocycles. The van der Waals surface area contributed by atoms with E-state index in [0.29, 0.717) is 35.0 Å². The molecule has 3 aromatic rings. The lowest BCUT2D eigenvalue weighted by Gasteiger charge is -2.34. The highest BCUT2D eigenvalue weighted by atomic mass is 127. The maximum atomic E-state index is 13.7. The van der Waals surface area contributed by atoms with Gasteiger partial charge in [-0.15, -0.1) is 0 Å². The number of fused-ring (bicyclic) bond motifs is 1. The Morgan fingerprint density at radius 2 is 2.13 bits per heavy atom. The largest absolute Gasteiger partial charge is 0.466 e. The molecule has 2 N–H and O–H groups in total. The third kappa shape index (κ3) is 4.63. The first-order valence-corrected chi connectivity index (χ1v) is 11.4. The Morgan fingerprint density at radius 1 is 1.35 bits per heavy atom. The van der Waals surface area contributed by atoms with Crippen molar-refractivity contribution in [2.75, 3.05) is 11.9 Å². The van der Waals surface area contributed by atoms with Crippen LogP contribution >= 0.6 is 22.6 Å². The van der Waals surface area contributed by atoms with E-state index in [0.717, 1.165) is 35.5 Å². The number of carbonyl (C=O) groups excluding carboxylic acids is 1. The number of nitrogens with one attached hydrogen (secondary N) is 2. The van der Waals surface area contributed by atoms with Gasteiger partial charge in [0, 0.05) is 12.2 Å². The Morgan fingerprint density at radius 3 is 2.87 bits per heavy atom. The summed E-state index contributed by atoms with van der Waals surface area (Å²) in [5, 5.41) is 11.0. The van der Waals surface area contributed by atoms with Gasteiger partial charge in [-0.3, -0.25) is 9.89 Å². The van der Waals surface area contributed by atoms with Crippen LogP contribution in [0.15, 0.2) is 18.5 Å². The van der Waals surface area contributed by atoms with Crippen LogP contribution in [-0.4, -0.2) is 43.8 Å². The molecule has 0 spiro atoms. The van der Waals surface area contributed by atoms with Crippen molar-refractivity contribution in [1.82, 2.24) is 25.1 Å². The fourth-order valence-corrected chi connectivity index (χ4v) is 4.60. The minimum Gasteiger partial charge on any atom is -0.466 e. The molecular weight excluding hydrogens is 514 g/mol. The van der Waals surface area contributed by atoms with Gasteiger partial charge in [-0.25, -0.2) is 19.3 Å². The van der Waals surface area contributed by atoms with E-state index >= 15 is 0 Å². The zero-order valence-electron chi connectivity index (χ0n) is 17.4. The van der Waals surface area contributed by atoms with Gasteiger partial charge in [-0.05, 0) is 53.8 Å². The Bertz CT molecular complexity index is 1100. The maximum Gasteiger partial charge on any atom is 0.307 e. The zero-order valence-corrected chi connectivity index (χ0v) is 19.6. The van der Waals surface area contributed by atoms with Crippen molar-refractivity contribution in [2.45, 2.75) is 52.0 Å². The van der Waals surface area contributed by atoms with Crippen LogP contribution in [0.5, 0.6) is 0 Å². The number of nitrogens with zero attached hydrogens (tertiary/aromatic N) is 4. The number of aromatic nitrogens is 5. The number of pyridine rings is 1. The number of rotatable bonds is 7. The predicted molar refractivity (Wildman–Crippen MR) is 123 cm³/mol. The summed E-state index contributed by atoms with van der Waals surface area (Å²) in [5.74, 6) is 0.325. The topological polar surface area (TPSA) is 106 Å². The van der Waals surface area contributed by atoms with Gasteiger partial charge in [0.05, 0.1) is 28.2 Å². The third-order valence-corrected chi connectivity index (χ3v) is 6.71. The molecule has 31 heavy (non-hydrogen) atoms. The van der Waals surface area contributed by atoms with Crippen molar-refractivity contribution in [3.8, 4) is 11.5 Å². The number of hydrogen-bond donors (Lipinski definition) is 2. The lowest BCUT2D eigenvalue weighted by molar-refractivity contribution is -0.144. The highest BCUT2D eigenvalue weighted by Crippen LogP contribution is 2.43. The molecule has 1 fully saturated rings. The number of carbonyl (C=O) groups is 1. The number of ether oxygens (including phenoxy) is 1. The second-order valence-corrected chi connectivity index (χ2v) is 9.24. The minimum atomic E-state index is -0.456. The lowest BCUT2D eigenvalue weighted by Crippen LogP contribution is -2.39. The van der Waals surface area contributed by atoms with Crippen molar-refractivity contribution in [3.05, 3.63) is 27.8 Å². The predicted octanol–water partition coefficient (Wildman–Crippen LogP) is 4.47. The molecule has 0 saturated heterocycles. The lowest BCUT2D eigenvalue weighted by atomic mass is 9.79. The molecule has 10 heteroatoms. The van der Waals surface area contributed by atoms with Gasteiger partial charge in [-0.1, -0.05) is 19.8 Å². The van der Waals surface area contributed by atoms with Gasteiger partial charge in [0.15, 0.2) is 11.5 Å². The van der Waals surface area contributed by atoms with E-state index in [1.807, 2.05) is 6.92 Å². The van der Waals surface area contributed by atoms with Gasteiger partial charge in [0.2, 0.25) is 0 Å². The maximum absolute atomic E-state index is 13.7. The van der Waals surface area contributed by atoms with Crippen LogP contribution in [0.4, 0.5) is 10.2 Å². The minimum absolute atomic E-state index is 0.0330. The van der Waals surface area contributed by atoms with Crippen LogP contribution in [-0.2, 0) is 9.53 Å². The number of halogens is 2. The summed E-state index contributed by atoms with van der Waals surface area (Å²) >= 11 is 2.17. The van der Waals surface area contributed by atoms with Gasteiger partial charge in [-0.2, -0.15) is 5.10 Å². The summed E-state index contributed by atoms with van der Waals surface area (Å²) in [6.07, 6.45) is 7.44. The molecule has 164 valence electrons. The summed E-state index contributed by atoms with van der Waals surface area (Å²) in [6, 6.07) is 1.24. The van der Waals surface area contributed by atoms with Crippen molar-refractivity contribution in [1.29, 1.82) is 0 Å². The van der Waals surface area contributed by atoms with Gasteiger partial charge >= 0.3 is 5.97 Å². The van der Waals surface area contributed by atoms with E-state index in [1.165, 1.54) is 6.07 Å². The number of esters is 1. The molecule has 1 saturated carbocycles. The molecule has 0 aliphatic heterocycles. The molecule has 1 aliphatic carbocycles. The van der Waals surface area contributed by atoms with Crippen LogP contribution < -0.4 is 5.32 Å². The van der Waals surface area contributed by atoms with E-state index in [1.54, 1.807) is 6.20 Å². The van der Waals surface area contributed by atoms with E-state index in [9.17, 15) is 9.18 Å². The van der Waals surface area contributed by atoms with Crippen molar-refractivity contribution in [3.63, 3.8) is 0 Å². The van der Waals surface area contributed by atoms with Crippen molar-refractivity contribution in [2.24, 2.45) is 5.41 Å². The second-order valence-electron chi connectivity index (χ2n) is 8.08. The van der Waals surface area contributed by atoms with Crippen molar-refractivity contribution >= 4 is 45.4 Å². The highest BCUT2D eigenvalue weighted by Gasteiger charge is 2.39. The molecule has 4 rings (SSSR count). The van der Waals surface area contributed by atoms with Crippen LogP contribution in [0.3, 0.4) is 0 Å². The molecule has 1 atom stereocenters. The fourth-order valence-electron chi connectivity index (χ4n) is 4.19. The number of aromatic amines is 1. The summed E-state index contributed by atoms with van der Waals surface area (Å²) < 4.78 is 19.8. The van der Waals surface area contributed by atoms with E-state index in [4.69, 9.17) is 4.74 Å². The van der Waals surface area contributed by atoms with Crippen molar-refractivity contribution < 1.29 is 13.9 Å². The van der Waals surface area contributed by atoms with Gasteiger partial charge < -0.3 is 10.1 Å². The molecule has 0 bridgehead atoms. The van der Waals surface area contributed by atoms with Gasteiger partial charge in [0.1, 0.15) is 17.3 Å². The Hall–Kier alpha value is -2.37. The number of H-pyrrole nitrogens is 1. The summed E-state index contributed by atoms with van der Waals surface area (Å²) in [4.78, 5) is 25.4. The van der Waals surface area contributed by atoms with Gasteiger partial charge in [0.25, 0.3) is 0 Å². The molecule has 0 radical (unpaired) electrons. The fraction of sp³-hybridized carbons (Fsp3) is 0.476. The molecule has 0 aromatic carbocycles. The Kier molecular flexibility index (Phi) is 6.35. The average molecular weight is 538 g/mol. The number of hydrogen-bond acceptors (Lipinski definition) is 7. The quantitative estimate of drug-likeness (QED) is 0.338. The Labute approximate surface area is 192 Å². The first-order chi connectivity index (χ1) is 14.9. The highest BCUT2D eigenvalue weighted by molar-refractivity contribution is 14.1. The first-order valence-electron chi connectivity index (χ1n) is 10.3. The molecule has 8 nitrogen and oxygen atoms in total. The summed E-state index contributed by atoms with van der Waals surface area (Å²) in [5.41, 5.74) is 0.858. The molecule has 1 aliphatic rings. The van der Waals surface area contributed by atoms with E-state index in [-0.39, 0.29) is 23.8 Å². The summed E-state index contributed by atoms with van der Waals surface area (Å²) in [7, 11) is 0. The third-order valence-electron chi connectivity index (χ3n) is 5.92. The van der Waals surface area contributed by atoms with Crippen LogP contribution in [0.2, 0.25) is 0 Å². The number of anilines is 1. The standard InChI is InChI=1S/C21H24FIN6O2/c1-3-31-16(30)9-15(21(2)6-4-5-7-21)26-19-14(23)11-25-20(27-19)17-13-8-12(22)10-24-18(13)29-28-17/h8,10-11,15H,3-7,9H2,1-2H3,(H,24,28,29)(H,25,26,27). The molecule has 3 aromatic heterocycles. The van der Waals surface area contributed by atoms with E-state index < -0.39 is 5.82 Å². The monoisotopic (exact) mass is 538 g/mol. The smallest absolute Gasteiger partial charge is 0.307 e.